The molecule has 0 amide bonds. The fourth-order valence-corrected chi connectivity index (χ4v) is 1.80. The Morgan fingerprint density at radius 1 is 1.39 bits per heavy atom. The van der Waals surface area contributed by atoms with E-state index in [-0.39, 0.29) is 11.7 Å². The topological polar surface area (TPSA) is 51.0 Å². The molecule has 0 saturated carbocycles. The molecule has 0 radical (unpaired) electrons. The van der Waals surface area contributed by atoms with Gasteiger partial charge in [0.2, 0.25) is 5.89 Å². The van der Waals surface area contributed by atoms with Gasteiger partial charge in [0.1, 0.15) is 5.82 Å². The molecule has 18 heavy (non-hydrogen) atoms. The molecule has 2 aromatic rings. The van der Waals surface area contributed by atoms with Gasteiger partial charge in [0.05, 0.1) is 12.1 Å². The third-order valence-electron chi connectivity index (χ3n) is 2.33. The average Bonchev–Trinajstić information content (AvgIpc) is 2.78. The number of hydrogen-bond acceptors (Lipinski definition) is 4. The number of benzene rings is 1. The van der Waals surface area contributed by atoms with E-state index < -0.39 is 0 Å². The maximum Gasteiger partial charge on any atom is 0.250 e. The van der Waals surface area contributed by atoms with Gasteiger partial charge in [-0.15, -0.1) is 10.2 Å². The van der Waals surface area contributed by atoms with Crippen molar-refractivity contribution < 1.29 is 8.81 Å². The Morgan fingerprint density at radius 2 is 2.22 bits per heavy atom. The number of hydrogen-bond donors (Lipinski definition) is 1. The minimum Gasteiger partial charge on any atom is -0.419 e. The molecule has 2 rings (SSSR count). The van der Waals surface area contributed by atoms with Gasteiger partial charge in [0.15, 0.2) is 0 Å². The average molecular weight is 314 g/mol. The number of rotatable bonds is 5. The summed E-state index contributed by atoms with van der Waals surface area (Å²) in [4.78, 5) is 0. The monoisotopic (exact) mass is 313 g/mol. The van der Waals surface area contributed by atoms with Gasteiger partial charge in [-0.3, -0.25) is 0 Å². The fraction of sp³-hybridized carbons (Fsp3) is 0.333. The van der Waals surface area contributed by atoms with E-state index in [2.05, 4.69) is 38.4 Å². The highest BCUT2D eigenvalue weighted by Crippen LogP contribution is 2.24. The van der Waals surface area contributed by atoms with Crippen LogP contribution in [0.2, 0.25) is 0 Å². The van der Waals surface area contributed by atoms with Crippen molar-refractivity contribution in [2.75, 3.05) is 6.54 Å². The summed E-state index contributed by atoms with van der Waals surface area (Å²) >= 11 is 3.20. The Labute approximate surface area is 113 Å². The normalized spacial score (nSPS) is 10.8. The van der Waals surface area contributed by atoms with Gasteiger partial charge in [-0.05, 0) is 31.2 Å². The second-order valence-corrected chi connectivity index (χ2v) is 4.72. The van der Waals surface area contributed by atoms with E-state index in [1.165, 1.54) is 6.07 Å². The van der Waals surface area contributed by atoms with Crippen LogP contribution >= 0.6 is 15.9 Å². The van der Waals surface area contributed by atoms with Crippen LogP contribution in [0.5, 0.6) is 0 Å². The van der Waals surface area contributed by atoms with E-state index in [4.69, 9.17) is 4.42 Å². The number of nitrogens with one attached hydrogen (secondary N) is 1. The number of aromatic nitrogens is 2. The Morgan fingerprint density at radius 3 is 2.94 bits per heavy atom. The second-order valence-electron chi connectivity index (χ2n) is 3.80. The molecule has 1 aromatic heterocycles. The van der Waals surface area contributed by atoms with Crippen LogP contribution in [0.3, 0.4) is 0 Å². The molecule has 0 bridgehead atoms. The van der Waals surface area contributed by atoms with Gasteiger partial charge in [-0.25, -0.2) is 4.39 Å². The van der Waals surface area contributed by atoms with Crippen molar-refractivity contribution in [2.45, 2.75) is 19.9 Å². The molecular weight excluding hydrogens is 301 g/mol. The Balaban J connectivity index is 2.13. The molecule has 0 atom stereocenters. The molecular formula is C12H13BrFN3O. The molecule has 0 unspecified atom stereocenters. The molecule has 1 N–H and O–H groups in total. The van der Waals surface area contributed by atoms with Crippen LogP contribution in [-0.2, 0) is 6.54 Å². The molecule has 1 heterocycles. The first kappa shape index (κ1) is 13.2. The zero-order chi connectivity index (χ0) is 13.0. The van der Waals surface area contributed by atoms with Gasteiger partial charge in [0, 0.05) is 4.47 Å². The van der Waals surface area contributed by atoms with Crippen molar-refractivity contribution in [3.63, 3.8) is 0 Å². The maximum atomic E-state index is 13.7. The molecule has 96 valence electrons. The maximum absolute atomic E-state index is 13.7. The summed E-state index contributed by atoms with van der Waals surface area (Å²) < 4.78 is 19.7. The lowest BCUT2D eigenvalue weighted by atomic mass is 10.2. The van der Waals surface area contributed by atoms with Gasteiger partial charge < -0.3 is 9.73 Å². The lowest BCUT2D eigenvalue weighted by molar-refractivity contribution is 0.475. The number of nitrogens with zero attached hydrogens (tertiary/aromatic N) is 2. The van der Waals surface area contributed by atoms with E-state index >= 15 is 0 Å². The van der Waals surface area contributed by atoms with E-state index in [1.807, 2.05) is 0 Å². The summed E-state index contributed by atoms with van der Waals surface area (Å²) in [6.07, 6.45) is 1.03. The predicted octanol–water partition coefficient (Wildman–Crippen LogP) is 3.14. The summed E-state index contributed by atoms with van der Waals surface area (Å²) in [6, 6.07) is 4.71. The summed E-state index contributed by atoms with van der Waals surface area (Å²) in [7, 11) is 0. The zero-order valence-corrected chi connectivity index (χ0v) is 11.5. The molecule has 4 nitrogen and oxygen atoms in total. The van der Waals surface area contributed by atoms with Crippen molar-refractivity contribution in [3.05, 3.63) is 34.4 Å². The molecule has 0 spiro atoms. The first-order valence-corrected chi connectivity index (χ1v) is 6.48. The highest BCUT2D eigenvalue weighted by Gasteiger charge is 2.12. The molecule has 0 fully saturated rings. The molecule has 0 aliphatic carbocycles. The zero-order valence-electron chi connectivity index (χ0n) is 9.91. The van der Waals surface area contributed by atoms with Crippen LogP contribution in [0.15, 0.2) is 27.1 Å². The molecule has 0 aliphatic rings. The van der Waals surface area contributed by atoms with Crippen LogP contribution in [0.4, 0.5) is 4.39 Å². The van der Waals surface area contributed by atoms with E-state index in [1.54, 1.807) is 12.1 Å². The minimum absolute atomic E-state index is 0.202. The van der Waals surface area contributed by atoms with Gasteiger partial charge in [-0.1, -0.05) is 22.9 Å². The summed E-state index contributed by atoms with van der Waals surface area (Å²) in [6.45, 7) is 3.45. The number of halogens is 2. The summed E-state index contributed by atoms with van der Waals surface area (Å²) in [5.41, 5.74) is 0.312. The third kappa shape index (κ3) is 3.14. The van der Waals surface area contributed by atoms with Crippen molar-refractivity contribution in [1.29, 1.82) is 0 Å². The molecule has 0 aliphatic heterocycles. The predicted molar refractivity (Wildman–Crippen MR) is 69.4 cm³/mol. The van der Waals surface area contributed by atoms with Gasteiger partial charge in [0.25, 0.3) is 5.89 Å². The van der Waals surface area contributed by atoms with Gasteiger partial charge in [-0.2, -0.15) is 0 Å². The van der Waals surface area contributed by atoms with E-state index in [9.17, 15) is 4.39 Å². The van der Waals surface area contributed by atoms with Crippen LogP contribution < -0.4 is 5.32 Å². The molecule has 1 aromatic carbocycles. The second kappa shape index (κ2) is 6.06. The van der Waals surface area contributed by atoms with E-state index in [0.717, 1.165) is 13.0 Å². The molecule has 0 saturated heterocycles. The van der Waals surface area contributed by atoms with Crippen LogP contribution in [-0.4, -0.2) is 16.7 Å². The summed E-state index contributed by atoms with van der Waals surface area (Å²) in [5.74, 6) is 0.273. The van der Waals surface area contributed by atoms with Crippen LogP contribution in [0, 0.1) is 5.82 Å². The quantitative estimate of drug-likeness (QED) is 0.862. The highest BCUT2D eigenvalue weighted by atomic mass is 79.9. The Kier molecular flexibility index (Phi) is 4.43. The van der Waals surface area contributed by atoms with Crippen molar-refractivity contribution >= 4 is 15.9 Å². The van der Waals surface area contributed by atoms with Crippen molar-refractivity contribution in [2.24, 2.45) is 0 Å². The third-order valence-corrected chi connectivity index (χ3v) is 2.82. The Hall–Kier alpha value is -1.27. The minimum atomic E-state index is -0.388. The standard InChI is InChI=1S/C12H13BrFN3O/c1-2-5-15-7-11-16-17-12(18-11)9-4-3-8(13)6-10(9)14/h3-4,6,15H,2,5,7H2,1H3. The van der Waals surface area contributed by atoms with Crippen LogP contribution in [0.25, 0.3) is 11.5 Å². The Bertz CT molecular complexity index is 530. The molecule has 6 heteroatoms. The van der Waals surface area contributed by atoms with Gasteiger partial charge >= 0.3 is 0 Å². The highest BCUT2D eigenvalue weighted by molar-refractivity contribution is 9.10. The van der Waals surface area contributed by atoms with E-state index in [0.29, 0.717) is 22.5 Å². The first-order valence-electron chi connectivity index (χ1n) is 5.69. The SMILES string of the molecule is CCCNCc1nnc(-c2ccc(Br)cc2F)o1. The fourth-order valence-electron chi connectivity index (χ4n) is 1.47. The first-order chi connectivity index (χ1) is 8.70. The lowest BCUT2D eigenvalue weighted by Crippen LogP contribution is -2.13. The summed E-state index contributed by atoms with van der Waals surface area (Å²) in [5, 5.41) is 10.9. The lowest BCUT2D eigenvalue weighted by Gasteiger charge is -1.98. The smallest absolute Gasteiger partial charge is 0.250 e. The largest absolute Gasteiger partial charge is 0.419 e. The van der Waals surface area contributed by atoms with Crippen molar-refractivity contribution in [3.8, 4) is 11.5 Å². The van der Waals surface area contributed by atoms with Crippen molar-refractivity contribution in [1.82, 2.24) is 15.5 Å². The van der Waals surface area contributed by atoms with Crippen LogP contribution in [0.1, 0.15) is 19.2 Å².